The van der Waals surface area contributed by atoms with E-state index in [2.05, 4.69) is 5.32 Å². The Balaban J connectivity index is 1.68. The van der Waals surface area contributed by atoms with Crippen molar-refractivity contribution in [3.63, 3.8) is 0 Å². The fraction of sp³-hybridized carbons (Fsp3) is 0.440. The van der Waals surface area contributed by atoms with Crippen LogP contribution in [0.5, 0.6) is 5.75 Å². The van der Waals surface area contributed by atoms with Crippen LogP contribution in [0, 0.1) is 0 Å². The van der Waals surface area contributed by atoms with E-state index in [-0.39, 0.29) is 17.1 Å². The molecule has 2 amide bonds. The number of hydrogen-bond acceptors (Lipinski definition) is 8. The van der Waals surface area contributed by atoms with Crippen molar-refractivity contribution in [2.45, 2.75) is 68.1 Å². The maximum Gasteiger partial charge on any atom is 0.416 e. The van der Waals surface area contributed by atoms with Crippen LogP contribution in [0.3, 0.4) is 0 Å². The Kier molecular flexibility index (Phi) is 7.94. The highest BCUT2D eigenvalue weighted by molar-refractivity contribution is 7.92. The van der Waals surface area contributed by atoms with E-state index in [4.69, 9.17) is 9.47 Å². The van der Waals surface area contributed by atoms with Gasteiger partial charge in [-0.1, -0.05) is 6.07 Å². The van der Waals surface area contributed by atoms with Gasteiger partial charge in [0.2, 0.25) is 15.9 Å². The fourth-order valence-electron chi connectivity index (χ4n) is 3.97. The summed E-state index contributed by atoms with van der Waals surface area (Å²) in [5, 5.41) is 1.78. The molecule has 1 unspecified atom stereocenters. The molecule has 41 heavy (non-hydrogen) atoms. The third-order valence-electron chi connectivity index (χ3n) is 5.92. The number of fused-ring (bicyclic) bond motifs is 1. The average molecular weight is 620 g/mol. The fourth-order valence-corrected chi connectivity index (χ4v) is 6.84. The maximum absolute atomic E-state index is 13.7. The van der Waals surface area contributed by atoms with Gasteiger partial charge in [0.25, 0.3) is 10.0 Å². The zero-order chi connectivity index (χ0) is 30.4. The molecule has 1 aliphatic heterocycles. The average Bonchev–Trinajstić information content (AvgIpc) is 3.68. The van der Waals surface area contributed by atoms with Crippen LogP contribution in [0.25, 0.3) is 0 Å². The molecule has 0 radical (unpaired) electrons. The van der Waals surface area contributed by atoms with Crippen molar-refractivity contribution in [2.24, 2.45) is 0 Å². The number of anilines is 2. The van der Waals surface area contributed by atoms with Crippen LogP contribution in [0.15, 0.2) is 47.4 Å². The van der Waals surface area contributed by atoms with Gasteiger partial charge in [-0.15, -0.1) is 0 Å². The van der Waals surface area contributed by atoms with Gasteiger partial charge in [-0.25, -0.2) is 21.6 Å². The van der Waals surface area contributed by atoms with Crippen molar-refractivity contribution < 1.29 is 49.1 Å². The molecule has 2 aromatic carbocycles. The molecule has 1 aliphatic carbocycles. The Labute approximate surface area is 235 Å². The predicted molar refractivity (Wildman–Crippen MR) is 141 cm³/mol. The van der Waals surface area contributed by atoms with Crippen molar-refractivity contribution in [3.8, 4) is 5.75 Å². The van der Waals surface area contributed by atoms with Crippen LogP contribution in [-0.2, 0) is 35.8 Å². The third kappa shape index (κ3) is 7.41. The van der Waals surface area contributed by atoms with E-state index in [1.54, 1.807) is 20.8 Å². The van der Waals surface area contributed by atoms with Gasteiger partial charge >= 0.3 is 12.3 Å². The number of amides is 2. The third-order valence-corrected chi connectivity index (χ3v) is 9.55. The van der Waals surface area contributed by atoms with Gasteiger partial charge in [0.15, 0.2) is 0 Å². The Morgan fingerprint density at radius 3 is 2.34 bits per heavy atom. The highest BCUT2D eigenvalue weighted by atomic mass is 32.2. The lowest BCUT2D eigenvalue weighted by Gasteiger charge is -2.35. The van der Waals surface area contributed by atoms with E-state index < -0.39 is 78.6 Å². The molecule has 0 spiro atoms. The number of hydrogen-bond donors (Lipinski definition) is 2. The van der Waals surface area contributed by atoms with Gasteiger partial charge in [0.1, 0.15) is 17.5 Å². The first kappa shape index (κ1) is 30.4. The second kappa shape index (κ2) is 10.7. The summed E-state index contributed by atoms with van der Waals surface area (Å²) in [6, 6.07) is 7.06. The summed E-state index contributed by atoms with van der Waals surface area (Å²) in [4.78, 5) is 24.1. The summed E-state index contributed by atoms with van der Waals surface area (Å²) in [6.07, 6.45) is -6.57. The van der Waals surface area contributed by atoms with Crippen molar-refractivity contribution >= 4 is 43.4 Å². The zero-order valence-electron chi connectivity index (χ0n) is 22.2. The van der Waals surface area contributed by atoms with Gasteiger partial charge < -0.3 is 9.47 Å². The SMILES string of the molecule is CC(C)(C)OC(=O)Nc1ccc2c(c1)N(S(=O)(=O)c1cccc(C(F)(F)F)c1)CC(CC(=O)NS(=O)(=O)C1CC1)O2. The summed E-state index contributed by atoms with van der Waals surface area (Å²) < 4.78 is 105. The Hall–Kier alpha value is -3.53. The smallest absolute Gasteiger partial charge is 0.416 e. The van der Waals surface area contributed by atoms with E-state index in [0.29, 0.717) is 18.9 Å². The number of ether oxygens (including phenoxy) is 2. The normalized spacial score (nSPS) is 17.7. The Bertz CT molecular complexity index is 1570. The van der Waals surface area contributed by atoms with Gasteiger partial charge in [0, 0.05) is 5.69 Å². The molecule has 2 aromatic rings. The second-order valence-electron chi connectivity index (χ2n) is 10.6. The number of carbonyl (C=O) groups excluding carboxylic acids is 2. The quantitative estimate of drug-likeness (QED) is 0.473. The van der Waals surface area contributed by atoms with E-state index in [9.17, 15) is 39.6 Å². The molecule has 2 aliphatic rings. The largest absolute Gasteiger partial charge is 0.486 e. The minimum absolute atomic E-state index is 0.0654. The van der Waals surface area contributed by atoms with Crippen molar-refractivity contribution in [2.75, 3.05) is 16.2 Å². The van der Waals surface area contributed by atoms with Crippen LogP contribution in [0.4, 0.5) is 29.3 Å². The summed E-state index contributed by atoms with van der Waals surface area (Å²) in [6.45, 7) is 4.38. The number of carbonyl (C=O) groups is 2. The maximum atomic E-state index is 13.7. The molecule has 2 N–H and O–H groups in total. The molecule has 16 heteroatoms. The lowest BCUT2D eigenvalue weighted by atomic mass is 10.1. The Morgan fingerprint density at radius 1 is 1.05 bits per heavy atom. The Morgan fingerprint density at radius 2 is 1.73 bits per heavy atom. The number of alkyl halides is 3. The molecule has 0 aromatic heterocycles. The summed E-state index contributed by atoms with van der Waals surface area (Å²) in [7, 11) is -8.56. The molecule has 11 nitrogen and oxygen atoms in total. The summed E-state index contributed by atoms with van der Waals surface area (Å²) >= 11 is 0. The van der Waals surface area contributed by atoms with Crippen LogP contribution in [0.2, 0.25) is 0 Å². The minimum atomic E-state index is -4.81. The molecule has 1 heterocycles. The van der Waals surface area contributed by atoms with Crippen molar-refractivity contribution in [1.29, 1.82) is 0 Å². The monoisotopic (exact) mass is 619 g/mol. The molecular formula is C25H28F3N3O8S2. The van der Waals surface area contributed by atoms with Crippen LogP contribution < -0.4 is 19.1 Å². The van der Waals surface area contributed by atoms with Crippen LogP contribution in [0.1, 0.15) is 45.6 Å². The molecule has 1 fully saturated rings. The number of rotatable bonds is 7. The van der Waals surface area contributed by atoms with Gasteiger partial charge in [-0.3, -0.25) is 19.1 Å². The standard InChI is InChI=1S/C25H28F3N3O8S2/c1-24(2,3)39-23(33)29-16-7-10-21-20(12-16)31(41(36,37)19-6-4-5-15(11-19)25(26,27)28)14-17(38-21)13-22(32)30-40(34,35)18-8-9-18/h4-7,10-12,17-18H,8-9,13-14H2,1-3H3,(H,29,33)(H,30,32). The van der Waals surface area contributed by atoms with Crippen molar-refractivity contribution in [1.82, 2.24) is 4.72 Å². The van der Waals surface area contributed by atoms with Gasteiger partial charge in [-0.05, 0) is 70.0 Å². The van der Waals surface area contributed by atoms with Crippen LogP contribution >= 0.6 is 0 Å². The summed E-state index contributed by atoms with van der Waals surface area (Å²) in [5.41, 5.74) is -2.05. The summed E-state index contributed by atoms with van der Waals surface area (Å²) in [5.74, 6) is -0.991. The second-order valence-corrected chi connectivity index (χ2v) is 14.4. The lowest BCUT2D eigenvalue weighted by Crippen LogP contribution is -2.46. The van der Waals surface area contributed by atoms with E-state index >= 15 is 0 Å². The molecule has 0 saturated heterocycles. The van der Waals surface area contributed by atoms with Crippen molar-refractivity contribution in [3.05, 3.63) is 48.0 Å². The first-order valence-corrected chi connectivity index (χ1v) is 15.4. The van der Waals surface area contributed by atoms with Gasteiger partial charge in [0.05, 0.1) is 34.4 Å². The first-order valence-electron chi connectivity index (χ1n) is 12.4. The predicted octanol–water partition coefficient (Wildman–Crippen LogP) is 4.01. The van der Waals surface area contributed by atoms with E-state index in [1.165, 1.54) is 18.2 Å². The molecular weight excluding hydrogens is 591 g/mol. The molecule has 0 bridgehead atoms. The number of halogens is 3. The van der Waals surface area contributed by atoms with E-state index in [1.807, 2.05) is 4.72 Å². The van der Waals surface area contributed by atoms with Gasteiger partial charge in [-0.2, -0.15) is 13.2 Å². The molecule has 4 rings (SSSR count). The number of nitrogens with zero attached hydrogens (tertiary/aromatic N) is 1. The number of sulfonamides is 2. The zero-order valence-corrected chi connectivity index (χ0v) is 23.8. The highest BCUT2D eigenvalue weighted by Gasteiger charge is 2.40. The van der Waals surface area contributed by atoms with E-state index in [0.717, 1.165) is 22.5 Å². The highest BCUT2D eigenvalue weighted by Crippen LogP contribution is 2.40. The number of nitrogens with one attached hydrogen (secondary N) is 2. The molecule has 1 atom stereocenters. The van der Waals surface area contributed by atoms with Crippen LogP contribution in [-0.4, -0.2) is 52.3 Å². The molecule has 1 saturated carbocycles. The topological polar surface area (TPSA) is 148 Å². The molecule has 224 valence electrons. The lowest BCUT2D eigenvalue weighted by molar-refractivity contribution is -0.137. The first-order chi connectivity index (χ1) is 18.8. The number of benzene rings is 2. The minimum Gasteiger partial charge on any atom is -0.486 e.